The number of phenolic OH excluding ortho intramolecular Hbond substituents is 1. The van der Waals surface area contributed by atoms with E-state index in [0.29, 0.717) is 0 Å². The van der Waals surface area contributed by atoms with E-state index >= 15 is 0 Å². The molecule has 0 aliphatic carbocycles. The van der Waals surface area contributed by atoms with E-state index in [1.807, 2.05) is 0 Å². The summed E-state index contributed by atoms with van der Waals surface area (Å²) in [6, 6.07) is 0. The predicted molar refractivity (Wildman–Crippen MR) is 57.7 cm³/mol. The minimum atomic E-state index is -1.51. The molecule has 0 atom stereocenters. The number of nitrogens with one attached hydrogen (secondary N) is 1. The molecule has 94 valence electrons. The maximum atomic E-state index is 13.8. The molecule has 0 bridgehead atoms. The highest BCUT2D eigenvalue weighted by molar-refractivity contribution is 5.98. The van der Waals surface area contributed by atoms with Gasteiger partial charge in [-0.3, -0.25) is 5.41 Å². The van der Waals surface area contributed by atoms with Crippen molar-refractivity contribution in [3.63, 3.8) is 0 Å². The molecule has 1 aromatic rings. The zero-order chi connectivity index (χ0) is 13.5. The molecule has 1 rings (SSSR count). The van der Waals surface area contributed by atoms with Crippen molar-refractivity contribution in [2.24, 2.45) is 5.73 Å². The average molecular weight is 246 g/mol. The molecule has 0 unspecified atom stereocenters. The van der Waals surface area contributed by atoms with Crippen LogP contribution in [0.5, 0.6) is 5.75 Å². The van der Waals surface area contributed by atoms with E-state index < -0.39 is 45.6 Å². The summed E-state index contributed by atoms with van der Waals surface area (Å²) in [6.07, 6.45) is 0. The van der Waals surface area contributed by atoms with Crippen LogP contribution in [0.25, 0.3) is 0 Å². The van der Waals surface area contributed by atoms with Gasteiger partial charge >= 0.3 is 0 Å². The first-order chi connectivity index (χ1) is 7.59. The molecule has 0 aromatic heterocycles. The molecule has 0 radical (unpaired) electrons. The Labute approximate surface area is 96.6 Å². The number of hydrogen-bond acceptors (Lipinski definition) is 2. The van der Waals surface area contributed by atoms with Crippen molar-refractivity contribution in [3.05, 3.63) is 28.6 Å². The van der Waals surface area contributed by atoms with Crippen LogP contribution >= 0.6 is 0 Å². The zero-order valence-electron chi connectivity index (χ0n) is 9.66. The molecule has 6 heteroatoms. The number of hydrogen-bond donors (Lipinski definition) is 3. The summed E-state index contributed by atoms with van der Waals surface area (Å²) in [6.45, 7) is 4.42. The van der Waals surface area contributed by atoms with Crippen LogP contribution in [0.2, 0.25) is 0 Å². The fourth-order valence-corrected chi connectivity index (χ4v) is 1.55. The van der Waals surface area contributed by atoms with Gasteiger partial charge in [-0.2, -0.15) is 0 Å². The van der Waals surface area contributed by atoms with Crippen LogP contribution in [0.3, 0.4) is 0 Å². The van der Waals surface area contributed by atoms with E-state index in [2.05, 4.69) is 0 Å². The van der Waals surface area contributed by atoms with Crippen LogP contribution in [0.1, 0.15) is 31.9 Å². The van der Waals surface area contributed by atoms with Gasteiger partial charge in [0.1, 0.15) is 5.84 Å². The van der Waals surface area contributed by atoms with Crippen LogP contribution in [-0.4, -0.2) is 10.9 Å². The van der Waals surface area contributed by atoms with E-state index in [1.54, 1.807) is 0 Å². The Hall–Kier alpha value is -1.72. The highest BCUT2D eigenvalue weighted by Gasteiger charge is 2.32. The van der Waals surface area contributed by atoms with E-state index in [9.17, 15) is 18.3 Å². The lowest BCUT2D eigenvalue weighted by atomic mass is 9.85. The van der Waals surface area contributed by atoms with Gasteiger partial charge in [-0.1, -0.05) is 20.8 Å². The van der Waals surface area contributed by atoms with Crippen molar-refractivity contribution in [2.45, 2.75) is 26.2 Å². The molecule has 0 fully saturated rings. The maximum Gasteiger partial charge on any atom is 0.173 e. The lowest BCUT2D eigenvalue weighted by Gasteiger charge is -2.22. The fraction of sp³-hybridized carbons (Fsp3) is 0.364. The van der Waals surface area contributed by atoms with Crippen molar-refractivity contribution in [3.8, 4) is 5.75 Å². The Kier molecular flexibility index (Phi) is 3.09. The minimum absolute atomic E-state index is 0.572. The van der Waals surface area contributed by atoms with E-state index in [-0.39, 0.29) is 0 Å². The molecule has 17 heavy (non-hydrogen) atoms. The molecule has 0 spiro atoms. The number of rotatable bonds is 1. The van der Waals surface area contributed by atoms with Gasteiger partial charge in [-0.05, 0) is 5.41 Å². The molecule has 1 aromatic carbocycles. The van der Waals surface area contributed by atoms with Gasteiger partial charge in [0.05, 0.1) is 5.56 Å². The summed E-state index contributed by atoms with van der Waals surface area (Å²) >= 11 is 0. The molecular weight excluding hydrogens is 233 g/mol. The van der Waals surface area contributed by atoms with E-state index in [1.165, 1.54) is 20.8 Å². The predicted octanol–water partition coefficient (Wildman–Crippen LogP) is 2.39. The maximum absolute atomic E-state index is 13.8. The van der Waals surface area contributed by atoms with Crippen molar-refractivity contribution < 1.29 is 18.3 Å². The number of aromatic hydroxyl groups is 1. The molecule has 3 nitrogen and oxygen atoms in total. The van der Waals surface area contributed by atoms with Gasteiger partial charge in [-0.15, -0.1) is 0 Å². The van der Waals surface area contributed by atoms with Crippen LogP contribution < -0.4 is 5.73 Å². The average Bonchev–Trinajstić information content (AvgIpc) is 2.12. The third-order valence-corrected chi connectivity index (χ3v) is 2.32. The van der Waals surface area contributed by atoms with Gasteiger partial charge < -0.3 is 10.8 Å². The number of nitrogens with two attached hydrogens (primary N) is 1. The quantitative estimate of drug-likeness (QED) is 0.404. The van der Waals surface area contributed by atoms with Crippen molar-refractivity contribution in [1.29, 1.82) is 5.41 Å². The molecule has 0 aliphatic rings. The van der Waals surface area contributed by atoms with E-state index in [4.69, 9.17) is 11.1 Å². The van der Waals surface area contributed by atoms with Gasteiger partial charge in [0.15, 0.2) is 23.2 Å². The number of halogens is 3. The fourth-order valence-electron chi connectivity index (χ4n) is 1.55. The number of nitrogen functional groups attached to an aromatic ring is 1. The highest BCUT2D eigenvalue weighted by atomic mass is 19.2. The summed E-state index contributed by atoms with van der Waals surface area (Å²) < 4.78 is 41.0. The van der Waals surface area contributed by atoms with Gasteiger partial charge in [0.2, 0.25) is 0 Å². The van der Waals surface area contributed by atoms with Crippen LogP contribution in [0.15, 0.2) is 0 Å². The summed E-state index contributed by atoms with van der Waals surface area (Å²) in [7, 11) is 0. The second kappa shape index (κ2) is 3.94. The Balaban J connectivity index is 3.77. The van der Waals surface area contributed by atoms with Crippen LogP contribution in [0.4, 0.5) is 13.2 Å². The third-order valence-electron chi connectivity index (χ3n) is 2.32. The standard InChI is InChI=1S/C11H13F3N2O/c1-11(2,3)5-7(13)6(12)4(10(15)16)9(17)8(5)14/h17H,1-3H3,(H3,15,16). The van der Waals surface area contributed by atoms with Gasteiger partial charge in [0.25, 0.3) is 0 Å². The lowest BCUT2D eigenvalue weighted by Crippen LogP contribution is -2.22. The minimum Gasteiger partial charge on any atom is -0.504 e. The zero-order valence-corrected chi connectivity index (χ0v) is 9.66. The van der Waals surface area contributed by atoms with Crippen LogP contribution in [0, 0.1) is 22.9 Å². The number of benzene rings is 1. The summed E-state index contributed by atoms with van der Waals surface area (Å²) in [5.74, 6) is -6.31. The molecule has 4 N–H and O–H groups in total. The first-order valence-electron chi connectivity index (χ1n) is 4.83. The van der Waals surface area contributed by atoms with Crippen molar-refractivity contribution in [1.82, 2.24) is 0 Å². The number of amidine groups is 1. The SMILES string of the molecule is CC(C)(C)c1c(F)c(O)c(C(=N)N)c(F)c1F. The Morgan fingerprint density at radius 2 is 1.59 bits per heavy atom. The normalized spacial score (nSPS) is 11.6. The summed E-state index contributed by atoms with van der Waals surface area (Å²) in [5, 5.41) is 16.4. The molecule has 0 saturated heterocycles. The second-order valence-corrected chi connectivity index (χ2v) is 4.70. The van der Waals surface area contributed by atoms with Gasteiger partial charge in [0, 0.05) is 5.56 Å². The van der Waals surface area contributed by atoms with Crippen molar-refractivity contribution in [2.75, 3.05) is 0 Å². The molecular formula is C11H13F3N2O. The third kappa shape index (κ3) is 2.07. The molecule has 0 aliphatic heterocycles. The first-order valence-corrected chi connectivity index (χ1v) is 4.83. The smallest absolute Gasteiger partial charge is 0.173 e. The molecule has 0 heterocycles. The Morgan fingerprint density at radius 3 is 1.94 bits per heavy atom. The lowest BCUT2D eigenvalue weighted by molar-refractivity contribution is 0.383. The van der Waals surface area contributed by atoms with Crippen molar-refractivity contribution >= 4 is 5.84 Å². The summed E-state index contributed by atoms with van der Waals surface area (Å²) in [4.78, 5) is 0. The second-order valence-electron chi connectivity index (χ2n) is 4.70. The first kappa shape index (κ1) is 13.3. The Morgan fingerprint density at radius 1 is 1.12 bits per heavy atom. The topological polar surface area (TPSA) is 70.1 Å². The molecule has 0 amide bonds. The Bertz CT molecular complexity index is 463. The van der Waals surface area contributed by atoms with E-state index in [0.717, 1.165) is 0 Å². The largest absolute Gasteiger partial charge is 0.504 e. The number of phenols is 1. The molecule has 0 saturated carbocycles. The van der Waals surface area contributed by atoms with Gasteiger partial charge in [-0.25, -0.2) is 13.2 Å². The summed E-state index contributed by atoms with van der Waals surface area (Å²) in [5.41, 5.74) is 2.41. The van der Waals surface area contributed by atoms with Crippen LogP contribution in [-0.2, 0) is 5.41 Å². The monoisotopic (exact) mass is 246 g/mol. The highest BCUT2D eigenvalue weighted by Crippen LogP contribution is 2.36.